The number of amides is 1. The Kier molecular flexibility index (Phi) is 5.67. The number of hydrogen-bond donors (Lipinski definition) is 1. The number of ether oxygens (including phenoxy) is 1. The number of pyridine rings is 1. The van der Waals surface area contributed by atoms with Crippen LogP contribution in [-0.2, 0) is 13.1 Å². The van der Waals surface area contributed by atoms with E-state index in [0.29, 0.717) is 24.6 Å². The quantitative estimate of drug-likeness (QED) is 0.478. The van der Waals surface area contributed by atoms with Crippen molar-refractivity contribution in [3.05, 3.63) is 71.9 Å². The van der Waals surface area contributed by atoms with E-state index in [4.69, 9.17) is 9.72 Å². The molecule has 0 radical (unpaired) electrons. The van der Waals surface area contributed by atoms with Gasteiger partial charge in [0.2, 0.25) is 5.88 Å². The molecule has 2 aromatic carbocycles. The summed E-state index contributed by atoms with van der Waals surface area (Å²) in [4.78, 5) is 20.5. The number of benzene rings is 2. The molecule has 34 heavy (non-hydrogen) atoms. The van der Waals surface area contributed by atoms with Gasteiger partial charge in [0.1, 0.15) is 5.56 Å². The van der Waals surface area contributed by atoms with Crippen molar-refractivity contribution in [2.24, 2.45) is 5.92 Å². The Bertz CT molecular complexity index is 1340. The summed E-state index contributed by atoms with van der Waals surface area (Å²) in [6.45, 7) is 5.21. The summed E-state index contributed by atoms with van der Waals surface area (Å²) in [5, 5.41) is 5.38. The minimum absolute atomic E-state index is 0.0188. The van der Waals surface area contributed by atoms with Crippen LogP contribution in [0.2, 0.25) is 0 Å². The maximum Gasteiger partial charge on any atom is 0.257 e. The third-order valence-corrected chi connectivity index (χ3v) is 7.22. The normalized spacial score (nSPS) is 16.9. The Morgan fingerprint density at radius 1 is 1.00 bits per heavy atom. The zero-order valence-electron chi connectivity index (χ0n) is 19.4. The Morgan fingerprint density at radius 3 is 2.74 bits per heavy atom. The highest BCUT2D eigenvalue weighted by Crippen LogP contribution is 2.34. The summed E-state index contributed by atoms with van der Waals surface area (Å²) < 4.78 is 8.09. The minimum Gasteiger partial charge on any atom is -0.478 e. The van der Waals surface area contributed by atoms with Gasteiger partial charge in [-0.1, -0.05) is 42.5 Å². The zero-order valence-corrected chi connectivity index (χ0v) is 19.4. The lowest BCUT2D eigenvalue weighted by Gasteiger charge is -2.31. The van der Waals surface area contributed by atoms with E-state index in [0.717, 1.165) is 73.4 Å². The first kappa shape index (κ1) is 21.2. The first-order valence-corrected chi connectivity index (χ1v) is 12.4. The third-order valence-electron chi connectivity index (χ3n) is 7.22. The van der Waals surface area contributed by atoms with Crippen LogP contribution in [0.1, 0.15) is 35.3 Å². The molecular weight excluding hydrogens is 424 g/mol. The van der Waals surface area contributed by atoms with Gasteiger partial charge in [0.15, 0.2) is 0 Å². The molecule has 0 atom stereocenters. The molecule has 0 aliphatic carbocycles. The van der Waals surface area contributed by atoms with Crippen molar-refractivity contribution >= 4 is 27.7 Å². The molecule has 2 aromatic heterocycles. The van der Waals surface area contributed by atoms with E-state index < -0.39 is 0 Å². The first-order valence-electron chi connectivity index (χ1n) is 12.4. The maximum atomic E-state index is 13.2. The van der Waals surface area contributed by atoms with Crippen LogP contribution in [0.15, 0.2) is 60.7 Å². The number of carbonyl (C=O) groups excluding carboxylic acids is 1. The van der Waals surface area contributed by atoms with Crippen LogP contribution in [0.4, 0.5) is 0 Å². The lowest BCUT2D eigenvalue weighted by Crippen LogP contribution is -2.38. The topological polar surface area (TPSA) is 59.4 Å². The summed E-state index contributed by atoms with van der Waals surface area (Å²) >= 11 is 0. The number of carbonyl (C=O) groups is 1. The average Bonchev–Trinajstić information content (AvgIpc) is 3.23. The van der Waals surface area contributed by atoms with Gasteiger partial charge in [-0.2, -0.15) is 0 Å². The lowest BCUT2D eigenvalue weighted by atomic mass is 9.96. The van der Waals surface area contributed by atoms with Crippen molar-refractivity contribution in [2.45, 2.75) is 32.4 Å². The molecule has 4 heterocycles. The molecule has 174 valence electrons. The molecular formula is C28H30N4O2. The smallest absolute Gasteiger partial charge is 0.257 e. The van der Waals surface area contributed by atoms with Crippen LogP contribution in [0.3, 0.4) is 0 Å². The van der Waals surface area contributed by atoms with E-state index >= 15 is 0 Å². The second kappa shape index (κ2) is 9.11. The molecule has 6 heteroatoms. The van der Waals surface area contributed by atoms with Crippen molar-refractivity contribution in [1.82, 2.24) is 19.8 Å². The molecule has 0 bridgehead atoms. The fourth-order valence-corrected chi connectivity index (χ4v) is 5.36. The molecule has 0 unspecified atom stereocenters. The molecule has 1 N–H and O–H groups in total. The maximum absolute atomic E-state index is 13.2. The lowest BCUT2D eigenvalue weighted by molar-refractivity contribution is 0.0930. The summed E-state index contributed by atoms with van der Waals surface area (Å²) in [6.07, 6.45) is 3.14. The van der Waals surface area contributed by atoms with Crippen LogP contribution in [0.25, 0.3) is 21.8 Å². The van der Waals surface area contributed by atoms with Gasteiger partial charge in [-0.15, -0.1) is 0 Å². The number of rotatable bonds is 5. The van der Waals surface area contributed by atoms with Crippen LogP contribution >= 0.6 is 0 Å². The SMILES string of the molecule is O=C(NCC1CCN(Cc2ccc3ccccc3n2)CC1)c1c2n(c3ccccc13)CCCO2. The van der Waals surface area contributed by atoms with E-state index in [1.807, 2.05) is 30.3 Å². The molecule has 1 fully saturated rings. The Hall–Kier alpha value is -3.38. The number of likely N-dealkylation sites (tertiary alicyclic amines) is 1. The summed E-state index contributed by atoms with van der Waals surface area (Å²) in [5.74, 6) is 1.20. The molecule has 0 spiro atoms. The Morgan fingerprint density at radius 2 is 1.82 bits per heavy atom. The van der Waals surface area contributed by atoms with E-state index in [2.05, 4.69) is 45.1 Å². The van der Waals surface area contributed by atoms with Crippen LogP contribution in [0, 0.1) is 5.92 Å². The van der Waals surface area contributed by atoms with E-state index in [9.17, 15) is 4.79 Å². The highest BCUT2D eigenvalue weighted by molar-refractivity contribution is 6.09. The fraction of sp³-hybridized carbons (Fsp3) is 0.357. The minimum atomic E-state index is -0.0188. The van der Waals surface area contributed by atoms with Crippen molar-refractivity contribution in [3.8, 4) is 5.88 Å². The van der Waals surface area contributed by atoms with Crippen molar-refractivity contribution in [3.63, 3.8) is 0 Å². The Balaban J connectivity index is 1.06. The number of nitrogens with zero attached hydrogens (tertiary/aromatic N) is 3. The van der Waals surface area contributed by atoms with Crippen LogP contribution < -0.4 is 10.1 Å². The number of piperidine rings is 1. The summed E-state index contributed by atoms with van der Waals surface area (Å²) in [6, 6.07) is 20.7. The average molecular weight is 455 g/mol. The molecule has 1 saturated heterocycles. The second-order valence-corrected chi connectivity index (χ2v) is 9.48. The molecule has 6 nitrogen and oxygen atoms in total. The predicted octanol–water partition coefficient (Wildman–Crippen LogP) is 4.61. The van der Waals surface area contributed by atoms with Gasteiger partial charge in [0, 0.05) is 30.4 Å². The van der Waals surface area contributed by atoms with Gasteiger partial charge >= 0.3 is 0 Å². The van der Waals surface area contributed by atoms with E-state index in [1.54, 1.807) is 0 Å². The first-order chi connectivity index (χ1) is 16.8. The molecule has 2 aliphatic rings. The standard InChI is InChI=1S/C28H30N4O2/c33-27(26-23-7-2-4-9-25(23)32-14-5-17-34-28(26)32)29-18-20-12-15-31(16-13-20)19-22-11-10-21-6-1-3-8-24(21)30-22/h1-4,6-11,20H,5,12-19H2,(H,29,33). The van der Waals surface area contributed by atoms with Crippen molar-refractivity contribution in [2.75, 3.05) is 26.2 Å². The summed E-state index contributed by atoms with van der Waals surface area (Å²) in [7, 11) is 0. The van der Waals surface area contributed by atoms with Gasteiger partial charge in [-0.05, 0) is 56.5 Å². The fourth-order valence-electron chi connectivity index (χ4n) is 5.36. The van der Waals surface area contributed by atoms with Gasteiger partial charge < -0.3 is 14.6 Å². The van der Waals surface area contributed by atoms with Crippen LogP contribution in [0.5, 0.6) is 5.88 Å². The zero-order chi connectivity index (χ0) is 22.9. The van der Waals surface area contributed by atoms with Crippen molar-refractivity contribution in [1.29, 1.82) is 0 Å². The molecule has 2 aliphatic heterocycles. The van der Waals surface area contributed by atoms with Gasteiger partial charge in [0.05, 0.1) is 23.3 Å². The number of aryl methyl sites for hydroxylation is 1. The summed E-state index contributed by atoms with van der Waals surface area (Å²) in [5.41, 5.74) is 3.95. The molecule has 6 rings (SSSR count). The predicted molar refractivity (Wildman–Crippen MR) is 134 cm³/mol. The molecule has 1 amide bonds. The van der Waals surface area contributed by atoms with E-state index in [-0.39, 0.29) is 5.91 Å². The van der Waals surface area contributed by atoms with Gasteiger partial charge in [0.25, 0.3) is 5.91 Å². The van der Waals surface area contributed by atoms with Gasteiger partial charge in [-0.25, -0.2) is 0 Å². The third kappa shape index (κ3) is 4.03. The van der Waals surface area contributed by atoms with Gasteiger partial charge in [-0.3, -0.25) is 14.7 Å². The Labute approximate surface area is 199 Å². The number of para-hydroxylation sites is 2. The number of aromatic nitrogens is 2. The molecule has 4 aromatic rings. The number of fused-ring (bicyclic) bond motifs is 4. The highest BCUT2D eigenvalue weighted by atomic mass is 16.5. The molecule has 0 saturated carbocycles. The monoisotopic (exact) mass is 454 g/mol. The second-order valence-electron chi connectivity index (χ2n) is 9.48. The highest BCUT2D eigenvalue weighted by Gasteiger charge is 2.27. The number of nitrogens with one attached hydrogen (secondary N) is 1. The number of hydrogen-bond acceptors (Lipinski definition) is 4. The van der Waals surface area contributed by atoms with Crippen LogP contribution in [-0.4, -0.2) is 46.6 Å². The van der Waals surface area contributed by atoms with Crippen molar-refractivity contribution < 1.29 is 9.53 Å². The van der Waals surface area contributed by atoms with E-state index in [1.165, 1.54) is 5.39 Å². The largest absolute Gasteiger partial charge is 0.478 e.